The first-order valence-corrected chi connectivity index (χ1v) is 8.86. The van der Waals surface area contributed by atoms with Gasteiger partial charge in [0.25, 0.3) is 11.1 Å². The van der Waals surface area contributed by atoms with Crippen molar-refractivity contribution in [1.29, 1.82) is 0 Å². The molecule has 25 heavy (non-hydrogen) atoms. The second kappa shape index (κ2) is 6.80. The predicted octanol–water partition coefficient (Wildman–Crippen LogP) is 4.16. The van der Waals surface area contributed by atoms with Crippen LogP contribution < -0.4 is 4.74 Å². The van der Waals surface area contributed by atoms with Gasteiger partial charge in [-0.05, 0) is 74.5 Å². The first kappa shape index (κ1) is 17.4. The minimum atomic E-state index is -0.216. The van der Waals surface area contributed by atoms with Crippen LogP contribution >= 0.6 is 11.8 Å². The maximum absolute atomic E-state index is 12.3. The molecule has 1 saturated heterocycles. The second-order valence-electron chi connectivity index (χ2n) is 5.79. The quantitative estimate of drug-likeness (QED) is 0.772. The molecule has 0 spiro atoms. The summed E-state index contributed by atoms with van der Waals surface area (Å²) in [5.41, 5.74) is 4.04. The molecule has 0 radical (unpaired) electrons. The Kier molecular flexibility index (Phi) is 4.72. The highest BCUT2D eigenvalue weighted by Gasteiger charge is 2.33. The van der Waals surface area contributed by atoms with E-state index in [9.17, 15) is 9.59 Å². The van der Waals surface area contributed by atoms with Gasteiger partial charge in [-0.3, -0.25) is 14.5 Å². The Morgan fingerprint density at radius 1 is 1.16 bits per heavy atom. The zero-order chi connectivity index (χ0) is 18.1. The molecule has 0 unspecified atom stereocenters. The number of benzene rings is 1. The van der Waals surface area contributed by atoms with Gasteiger partial charge >= 0.3 is 0 Å². The lowest BCUT2D eigenvalue weighted by atomic mass is 10.2. The summed E-state index contributed by atoms with van der Waals surface area (Å²) < 4.78 is 7.33. The number of carbonyl (C=O) groups excluding carboxylic acids is 2. The smallest absolute Gasteiger partial charge is 0.293 e. The number of imide groups is 1. The number of carbonyl (C=O) groups is 2. The molecular formula is C19H20N2O3S. The predicted molar refractivity (Wildman–Crippen MR) is 100 cm³/mol. The summed E-state index contributed by atoms with van der Waals surface area (Å²) in [4.78, 5) is 25.9. The van der Waals surface area contributed by atoms with Crippen molar-refractivity contribution in [3.8, 4) is 11.4 Å². The zero-order valence-electron chi connectivity index (χ0n) is 14.7. The summed E-state index contributed by atoms with van der Waals surface area (Å²) in [5.74, 6) is 0.589. The minimum Gasteiger partial charge on any atom is -0.497 e. The first-order valence-electron chi connectivity index (χ1n) is 8.05. The molecule has 6 heteroatoms. The highest BCUT2D eigenvalue weighted by molar-refractivity contribution is 8.18. The Balaban J connectivity index is 1.99. The molecule has 3 rings (SSSR count). The van der Waals surface area contributed by atoms with E-state index >= 15 is 0 Å². The Morgan fingerprint density at radius 2 is 1.84 bits per heavy atom. The van der Waals surface area contributed by atoms with Crippen LogP contribution in [0.2, 0.25) is 0 Å². The van der Waals surface area contributed by atoms with Gasteiger partial charge < -0.3 is 9.30 Å². The van der Waals surface area contributed by atoms with Crippen LogP contribution in [0.5, 0.6) is 5.75 Å². The fraction of sp³-hybridized carbons (Fsp3) is 0.263. The lowest BCUT2D eigenvalue weighted by Crippen LogP contribution is -2.27. The topological polar surface area (TPSA) is 51.5 Å². The van der Waals surface area contributed by atoms with E-state index in [1.165, 1.54) is 4.90 Å². The molecule has 0 atom stereocenters. The van der Waals surface area contributed by atoms with E-state index in [-0.39, 0.29) is 11.1 Å². The number of hydrogen-bond donors (Lipinski definition) is 0. The van der Waals surface area contributed by atoms with Crippen LogP contribution in [0.4, 0.5) is 4.79 Å². The monoisotopic (exact) mass is 356 g/mol. The number of hydrogen-bond acceptors (Lipinski definition) is 4. The molecule has 0 aliphatic carbocycles. The van der Waals surface area contributed by atoms with Gasteiger partial charge in [0.2, 0.25) is 0 Å². The Bertz CT molecular complexity index is 866. The van der Waals surface area contributed by atoms with E-state index in [0.29, 0.717) is 11.4 Å². The molecule has 1 aliphatic rings. The van der Waals surface area contributed by atoms with E-state index in [4.69, 9.17) is 4.74 Å². The van der Waals surface area contributed by atoms with E-state index in [1.807, 2.05) is 50.3 Å². The highest BCUT2D eigenvalue weighted by atomic mass is 32.2. The van der Waals surface area contributed by atoms with Crippen molar-refractivity contribution in [2.75, 3.05) is 13.7 Å². The largest absolute Gasteiger partial charge is 0.497 e. The summed E-state index contributed by atoms with van der Waals surface area (Å²) in [6.45, 7) is 6.22. The van der Waals surface area contributed by atoms with Crippen molar-refractivity contribution in [3.63, 3.8) is 0 Å². The average molecular weight is 356 g/mol. The number of likely N-dealkylation sites (N-methyl/N-ethyl adjacent to an activating group) is 1. The van der Waals surface area contributed by atoms with Gasteiger partial charge in [0.05, 0.1) is 12.0 Å². The fourth-order valence-corrected chi connectivity index (χ4v) is 3.87. The number of thioether (sulfide) groups is 1. The van der Waals surface area contributed by atoms with Gasteiger partial charge in [0, 0.05) is 23.6 Å². The Labute approximate surface area is 151 Å². The highest BCUT2D eigenvalue weighted by Crippen LogP contribution is 2.33. The SMILES string of the molecule is CCN1C(=O)S/C(=C\c2cc(C)n(-c3ccc(OC)cc3)c2C)C1=O. The van der Waals surface area contributed by atoms with Crippen LogP contribution in [-0.2, 0) is 4.79 Å². The Hall–Kier alpha value is -2.47. The van der Waals surface area contributed by atoms with Crippen LogP contribution in [0.25, 0.3) is 11.8 Å². The molecule has 0 bridgehead atoms. The van der Waals surface area contributed by atoms with E-state index in [1.54, 1.807) is 14.0 Å². The molecule has 2 amide bonds. The normalized spacial score (nSPS) is 16.2. The number of aromatic nitrogens is 1. The standard InChI is InChI=1S/C19H20N2O3S/c1-5-20-18(22)17(25-19(20)23)11-14-10-12(2)21(13(14)3)15-6-8-16(24-4)9-7-15/h6-11H,5H2,1-4H3/b17-11-. The van der Waals surface area contributed by atoms with Crippen LogP contribution in [0, 0.1) is 13.8 Å². The number of amides is 2. The molecule has 0 N–H and O–H groups in total. The lowest BCUT2D eigenvalue weighted by molar-refractivity contribution is -0.122. The number of aryl methyl sites for hydroxylation is 1. The van der Waals surface area contributed by atoms with Gasteiger partial charge in [-0.25, -0.2) is 0 Å². The number of ether oxygens (including phenoxy) is 1. The first-order chi connectivity index (χ1) is 12.0. The third kappa shape index (κ3) is 3.09. The van der Waals surface area contributed by atoms with E-state index in [2.05, 4.69) is 4.57 Å². The molecule has 1 fully saturated rings. The van der Waals surface area contributed by atoms with Crippen LogP contribution in [-0.4, -0.2) is 34.3 Å². The maximum atomic E-state index is 12.3. The zero-order valence-corrected chi connectivity index (χ0v) is 15.5. The van der Waals surface area contributed by atoms with Crippen LogP contribution in [0.1, 0.15) is 23.9 Å². The van der Waals surface area contributed by atoms with Gasteiger partial charge in [0.1, 0.15) is 5.75 Å². The van der Waals surface area contributed by atoms with Crippen molar-refractivity contribution in [1.82, 2.24) is 9.47 Å². The van der Waals surface area contributed by atoms with Gasteiger partial charge in [-0.15, -0.1) is 0 Å². The average Bonchev–Trinajstić information content (AvgIpc) is 3.03. The van der Waals surface area contributed by atoms with Crippen LogP contribution in [0.15, 0.2) is 35.2 Å². The maximum Gasteiger partial charge on any atom is 0.293 e. The van der Waals surface area contributed by atoms with Crippen molar-refractivity contribution >= 4 is 29.0 Å². The summed E-state index contributed by atoms with van der Waals surface area (Å²) in [7, 11) is 1.64. The van der Waals surface area contributed by atoms with E-state index in [0.717, 1.165) is 40.2 Å². The molecule has 1 aromatic carbocycles. The van der Waals surface area contributed by atoms with E-state index < -0.39 is 0 Å². The lowest BCUT2D eigenvalue weighted by Gasteiger charge is -2.10. The summed E-state index contributed by atoms with van der Waals surface area (Å²) in [6.07, 6.45) is 1.81. The third-order valence-corrected chi connectivity index (χ3v) is 5.18. The second-order valence-corrected chi connectivity index (χ2v) is 6.78. The third-order valence-electron chi connectivity index (χ3n) is 4.28. The molecule has 2 aromatic rings. The molecule has 0 saturated carbocycles. The Morgan fingerprint density at radius 3 is 2.40 bits per heavy atom. The molecule has 1 aliphatic heterocycles. The summed E-state index contributed by atoms with van der Waals surface area (Å²) in [5, 5.41) is -0.206. The summed E-state index contributed by atoms with van der Waals surface area (Å²) in [6, 6.07) is 9.85. The van der Waals surface area contributed by atoms with Crippen molar-refractivity contribution < 1.29 is 14.3 Å². The fourth-order valence-electron chi connectivity index (χ4n) is 2.98. The van der Waals surface area contributed by atoms with Crippen molar-refractivity contribution in [2.45, 2.75) is 20.8 Å². The molecule has 130 valence electrons. The number of rotatable bonds is 4. The van der Waals surface area contributed by atoms with Gasteiger partial charge in [-0.2, -0.15) is 0 Å². The molecular weight excluding hydrogens is 336 g/mol. The number of methoxy groups -OCH3 is 1. The summed E-state index contributed by atoms with van der Waals surface area (Å²) >= 11 is 0.999. The number of nitrogens with zero attached hydrogens (tertiary/aromatic N) is 2. The van der Waals surface area contributed by atoms with Gasteiger partial charge in [-0.1, -0.05) is 0 Å². The van der Waals surface area contributed by atoms with Crippen LogP contribution in [0.3, 0.4) is 0 Å². The minimum absolute atomic E-state index is 0.206. The van der Waals surface area contributed by atoms with Crippen molar-refractivity contribution in [2.24, 2.45) is 0 Å². The molecule has 2 heterocycles. The van der Waals surface area contributed by atoms with Gasteiger partial charge in [0.15, 0.2) is 0 Å². The van der Waals surface area contributed by atoms with Crippen molar-refractivity contribution in [3.05, 3.63) is 52.2 Å². The molecule has 5 nitrogen and oxygen atoms in total. The molecule has 1 aromatic heterocycles.